The maximum Gasteiger partial charge on any atom is 0.302 e. The molecule has 4 aliphatic heterocycles. The highest BCUT2D eigenvalue weighted by atomic mass is 16.8. The van der Waals surface area contributed by atoms with E-state index in [9.17, 15) is 76.3 Å². The third-order valence-electron chi connectivity index (χ3n) is 21.0. The van der Waals surface area contributed by atoms with E-state index >= 15 is 0 Å². The molecule has 0 aromatic heterocycles. The second kappa shape index (κ2) is 24.2. The van der Waals surface area contributed by atoms with E-state index in [2.05, 4.69) is 20.8 Å². The van der Waals surface area contributed by atoms with Gasteiger partial charge in [0, 0.05) is 6.92 Å². The Labute approximate surface area is 467 Å². The van der Waals surface area contributed by atoms with E-state index in [1.54, 1.807) is 0 Å². The summed E-state index contributed by atoms with van der Waals surface area (Å²) in [6.07, 6.45) is -28.9. The minimum atomic E-state index is -1.82. The molecule has 462 valence electrons. The fourth-order valence-corrected chi connectivity index (χ4v) is 16.4. The monoisotopic (exact) mass is 1150 g/mol. The molecule has 0 aromatic carbocycles. The van der Waals surface area contributed by atoms with E-state index in [1.807, 2.05) is 40.7 Å². The molecular formula is C56H94O24. The molecule has 8 aliphatic rings. The molecule has 4 saturated carbocycles. The molecule has 4 aliphatic carbocycles. The van der Waals surface area contributed by atoms with Crippen molar-refractivity contribution in [3.63, 3.8) is 0 Å². The van der Waals surface area contributed by atoms with Crippen LogP contribution in [0, 0.1) is 45.3 Å². The molecule has 0 radical (unpaired) electrons. The topological polar surface area (TPSA) is 383 Å². The molecule has 8 rings (SSSR count). The van der Waals surface area contributed by atoms with Gasteiger partial charge >= 0.3 is 5.97 Å². The van der Waals surface area contributed by atoms with E-state index < -0.39 is 212 Å². The Morgan fingerprint density at radius 3 is 1.85 bits per heavy atom. The number of allylic oxidation sites excluding steroid dienone is 2. The van der Waals surface area contributed by atoms with E-state index in [-0.39, 0.29) is 5.92 Å². The van der Waals surface area contributed by atoms with E-state index in [0.29, 0.717) is 51.4 Å². The number of rotatable bonds is 16. The Hall–Kier alpha value is -1.67. The van der Waals surface area contributed by atoms with Crippen LogP contribution < -0.4 is 0 Å². The first-order valence-corrected chi connectivity index (χ1v) is 28.7. The molecule has 0 bridgehead atoms. The van der Waals surface area contributed by atoms with Gasteiger partial charge in [0.15, 0.2) is 25.2 Å². The molecule has 0 aromatic rings. The minimum Gasteiger partial charge on any atom is -0.463 e. The maximum absolute atomic E-state index is 13.0. The molecule has 31 atom stereocenters. The largest absolute Gasteiger partial charge is 0.463 e. The van der Waals surface area contributed by atoms with Gasteiger partial charge < -0.3 is 114 Å². The number of aliphatic hydroxyl groups is 14. The normalized spacial score (nSPS) is 52.0. The summed E-state index contributed by atoms with van der Waals surface area (Å²) in [5.41, 5.74) is -3.03. The molecule has 4 saturated heterocycles. The lowest BCUT2D eigenvalue weighted by atomic mass is 9.34. The lowest BCUT2D eigenvalue weighted by molar-refractivity contribution is -0.382. The smallest absolute Gasteiger partial charge is 0.302 e. The summed E-state index contributed by atoms with van der Waals surface area (Å²) in [5.74, 6) is -2.21. The third-order valence-corrected chi connectivity index (χ3v) is 21.0. The van der Waals surface area contributed by atoms with E-state index in [4.69, 9.17) is 42.6 Å². The molecule has 0 amide bonds. The van der Waals surface area contributed by atoms with Gasteiger partial charge in [-0.2, -0.15) is 0 Å². The second-order valence-electron chi connectivity index (χ2n) is 26.5. The van der Waals surface area contributed by atoms with Crippen LogP contribution in [0.2, 0.25) is 0 Å². The number of carbonyl (C=O) groups is 1. The number of carbonyl (C=O) groups excluding carboxylic acids is 1. The van der Waals surface area contributed by atoms with Gasteiger partial charge in [0.2, 0.25) is 0 Å². The lowest BCUT2D eigenvalue weighted by Gasteiger charge is -2.72. The number of hydrogen-bond acceptors (Lipinski definition) is 24. The summed E-state index contributed by atoms with van der Waals surface area (Å²) in [6.45, 7) is 17.2. The Kier molecular flexibility index (Phi) is 19.5. The van der Waals surface area contributed by atoms with Crippen LogP contribution in [0.5, 0.6) is 0 Å². The highest BCUT2D eigenvalue weighted by Gasteiger charge is 2.74. The van der Waals surface area contributed by atoms with Crippen LogP contribution in [0.1, 0.15) is 121 Å². The van der Waals surface area contributed by atoms with Crippen molar-refractivity contribution >= 4 is 5.97 Å². The fourth-order valence-electron chi connectivity index (χ4n) is 16.4. The van der Waals surface area contributed by atoms with E-state index in [1.165, 1.54) is 13.8 Å². The Morgan fingerprint density at radius 1 is 0.637 bits per heavy atom. The summed E-state index contributed by atoms with van der Waals surface area (Å²) in [7, 11) is 0. The summed E-state index contributed by atoms with van der Waals surface area (Å²) >= 11 is 0. The number of fused-ring (bicyclic) bond motifs is 5. The van der Waals surface area contributed by atoms with Crippen molar-refractivity contribution in [1.29, 1.82) is 0 Å². The summed E-state index contributed by atoms with van der Waals surface area (Å²) in [6, 6.07) is 0. The Bertz CT molecular complexity index is 2130. The number of aliphatic hydroxyl groups excluding tert-OH is 14. The van der Waals surface area contributed by atoms with Crippen molar-refractivity contribution in [3.05, 3.63) is 11.6 Å². The third kappa shape index (κ3) is 11.5. The average molecular weight is 1150 g/mol. The molecular weight excluding hydrogens is 1060 g/mol. The molecule has 24 nitrogen and oxygen atoms in total. The van der Waals surface area contributed by atoms with Crippen molar-refractivity contribution in [1.82, 2.24) is 0 Å². The van der Waals surface area contributed by atoms with Gasteiger partial charge in [-0.15, -0.1) is 0 Å². The SMILES string of the molecule is CC(=O)OC[C@H]1O[C@@H](O[C@H]2C[C@]3(C)[C@H](C[C@@H](O)[C@@H]4[C@@H]([C@](C)(CCC=C(C)C)O[C@@H]5O[C@H](CO[C@@H]6O[C@H](CO)[C@@H](O)[C@H](O)[C@H]6O)[C@@H](O)[C@H](O)[C@H]5O)CC[C@]43C)[C@@]3(C)CC[C@H](O)C(C)(C)[C@H]23)[C@H](O[C@H]2O[C@@H](C)[C@H](O)[C@@H](O)[C@H]2O)[C@@H](O)[C@@H]1O. The predicted octanol–water partition coefficient (Wildman–Crippen LogP) is -1.63. The zero-order valence-electron chi connectivity index (χ0n) is 47.8. The van der Waals surface area contributed by atoms with Crippen molar-refractivity contribution in [2.45, 2.75) is 267 Å². The van der Waals surface area contributed by atoms with Crippen LogP contribution in [0.4, 0.5) is 0 Å². The average Bonchev–Trinajstić information content (AvgIpc) is 3.75. The highest BCUT2D eigenvalue weighted by molar-refractivity contribution is 5.65. The Balaban J connectivity index is 1.13. The summed E-state index contributed by atoms with van der Waals surface area (Å²) < 4.78 is 55.5. The molecule has 0 unspecified atom stereocenters. The fraction of sp³-hybridized carbons (Fsp3) is 0.946. The van der Waals surface area contributed by atoms with Crippen molar-refractivity contribution in [3.8, 4) is 0 Å². The van der Waals surface area contributed by atoms with E-state index in [0.717, 1.165) is 5.57 Å². The second-order valence-corrected chi connectivity index (χ2v) is 26.5. The lowest BCUT2D eigenvalue weighted by Crippen LogP contribution is -2.71. The summed E-state index contributed by atoms with van der Waals surface area (Å²) in [5, 5.41) is 156. The van der Waals surface area contributed by atoms with Crippen molar-refractivity contribution < 1.29 is 119 Å². The van der Waals surface area contributed by atoms with Gasteiger partial charge in [0.05, 0.1) is 43.2 Å². The molecule has 14 N–H and O–H groups in total. The minimum absolute atomic E-state index is 0.173. The van der Waals surface area contributed by atoms with Crippen LogP contribution in [0.3, 0.4) is 0 Å². The standard InChI is InChI=1S/C56H94O24/c1-23(2)12-11-15-56(10,80-50-45(71)41(67)37(63)31(77-50)22-73-48-43(69)40(66)36(62)29(20-57)76-48)26-13-17-54(8)34(26)27(59)18-32-53(7)16-14-33(60)52(5,6)47(53)28(19-55(32,54)9)75-51-46(42(68)38(64)30(78-51)21-72-25(4)58)79-49-44(70)39(65)35(61)24(3)74-49/h12,24,26-51,57,59-71H,11,13-22H2,1-10H3/t24-,26-,27+,28-,29+,30+,31+,32+,33-,34-,35-,36+,37+,38+,39+,40-,41-,42-,43+,44+,45+,46+,47-,48+,49+,50-,51+,53+,54+,55+,56-/m0/s1. The zero-order valence-corrected chi connectivity index (χ0v) is 47.8. The molecule has 0 spiro atoms. The quantitative estimate of drug-likeness (QED) is 0.0468. The van der Waals surface area contributed by atoms with Gasteiger partial charge in [-0.3, -0.25) is 4.79 Å². The zero-order chi connectivity index (χ0) is 59.1. The maximum atomic E-state index is 13.0. The first-order chi connectivity index (χ1) is 37.3. The van der Waals surface area contributed by atoms with Gasteiger partial charge in [0.1, 0.15) is 98.2 Å². The van der Waals surface area contributed by atoms with Crippen LogP contribution in [-0.2, 0) is 47.4 Å². The summed E-state index contributed by atoms with van der Waals surface area (Å²) in [4.78, 5) is 12.1. The van der Waals surface area contributed by atoms with Crippen molar-refractivity contribution in [2.75, 3.05) is 19.8 Å². The highest BCUT2D eigenvalue weighted by Crippen LogP contribution is 2.76. The Morgan fingerprint density at radius 2 is 1.21 bits per heavy atom. The number of ether oxygens (including phenoxy) is 9. The molecule has 4 heterocycles. The van der Waals surface area contributed by atoms with Gasteiger partial charge in [0.25, 0.3) is 0 Å². The van der Waals surface area contributed by atoms with Crippen LogP contribution >= 0.6 is 0 Å². The van der Waals surface area contributed by atoms with Gasteiger partial charge in [-0.25, -0.2) is 0 Å². The van der Waals surface area contributed by atoms with Gasteiger partial charge in [-0.05, 0) is 124 Å². The van der Waals surface area contributed by atoms with Crippen LogP contribution in [0.25, 0.3) is 0 Å². The number of hydrogen-bond donors (Lipinski definition) is 14. The first kappa shape index (κ1) is 64.3. The van der Waals surface area contributed by atoms with Crippen LogP contribution in [0.15, 0.2) is 11.6 Å². The van der Waals surface area contributed by atoms with Crippen LogP contribution in [-0.4, -0.2) is 244 Å². The molecule has 24 heteroatoms. The number of esters is 1. The van der Waals surface area contributed by atoms with Gasteiger partial charge in [-0.1, -0.05) is 46.3 Å². The predicted molar refractivity (Wildman–Crippen MR) is 276 cm³/mol. The first-order valence-electron chi connectivity index (χ1n) is 28.7. The van der Waals surface area contributed by atoms with Crippen molar-refractivity contribution in [2.24, 2.45) is 45.3 Å². The molecule has 80 heavy (non-hydrogen) atoms. The molecule has 8 fully saturated rings.